The average molecular weight is 781 g/mol. The van der Waals surface area contributed by atoms with Crippen molar-refractivity contribution in [3.63, 3.8) is 0 Å². The van der Waals surface area contributed by atoms with Gasteiger partial charge in [-0.1, -0.05) is 18.2 Å². The lowest BCUT2D eigenvalue weighted by molar-refractivity contribution is -0.385. The third-order valence-electron chi connectivity index (χ3n) is 9.39. The van der Waals surface area contributed by atoms with E-state index in [-0.39, 0.29) is 49.5 Å². The number of phenols is 4. The third kappa shape index (κ3) is 6.31. The molecule has 0 spiro atoms. The zero-order chi connectivity index (χ0) is 41.6. The van der Waals surface area contributed by atoms with E-state index >= 15 is 0 Å². The summed E-state index contributed by atoms with van der Waals surface area (Å²) in [6.45, 7) is 3.24. The number of anilines is 4. The van der Waals surface area contributed by atoms with Gasteiger partial charge in [-0.05, 0) is 72.8 Å². The number of hydrogen-bond acceptors (Lipinski definition) is 14. The Hall–Kier alpha value is -8.53. The lowest BCUT2D eigenvalue weighted by Crippen LogP contribution is -2.24. The topological polar surface area (TPSA) is 252 Å². The van der Waals surface area contributed by atoms with Gasteiger partial charge in [-0.15, -0.1) is 0 Å². The van der Waals surface area contributed by atoms with Crippen LogP contribution >= 0.6 is 0 Å². The quantitative estimate of drug-likeness (QED) is 0.0238. The van der Waals surface area contributed by atoms with E-state index in [9.17, 15) is 54.9 Å². The smallest absolute Gasteiger partial charge is 0.281 e. The van der Waals surface area contributed by atoms with Gasteiger partial charge < -0.3 is 41.0 Å². The molecule has 0 unspecified atom stereocenters. The zero-order valence-electron chi connectivity index (χ0n) is 30.0. The first kappa shape index (κ1) is 37.8. The lowest BCUT2D eigenvalue weighted by atomic mass is 9.81. The molecule has 0 aromatic heterocycles. The van der Waals surface area contributed by atoms with E-state index in [1.54, 1.807) is 48.5 Å². The molecule has 0 aliphatic heterocycles. The minimum atomic E-state index is -0.878. The molecule has 0 amide bonds. The summed E-state index contributed by atoms with van der Waals surface area (Å²) < 4.78 is 5.31. The van der Waals surface area contributed by atoms with Crippen LogP contribution in [0, 0.1) is 15.3 Å². The number of hydrogen-bond donors (Lipinski definition) is 6. The molecule has 2 aliphatic carbocycles. The van der Waals surface area contributed by atoms with Crippen LogP contribution in [-0.2, 0) is 0 Å². The predicted molar refractivity (Wildman–Crippen MR) is 209 cm³/mol. The van der Waals surface area contributed by atoms with Gasteiger partial charge in [0.1, 0.15) is 46.6 Å². The van der Waals surface area contributed by atoms with Gasteiger partial charge in [0.05, 0.1) is 56.8 Å². The first-order chi connectivity index (χ1) is 27.7. The fourth-order valence-electron chi connectivity index (χ4n) is 6.77. The normalized spacial score (nSPS) is 12.2. The van der Waals surface area contributed by atoms with Crippen LogP contribution in [0.25, 0.3) is 0 Å². The van der Waals surface area contributed by atoms with Gasteiger partial charge in [0, 0.05) is 23.5 Å². The van der Waals surface area contributed by atoms with Gasteiger partial charge in [-0.2, -0.15) is 4.74 Å². The van der Waals surface area contributed by atoms with Gasteiger partial charge in [-0.3, -0.25) is 29.3 Å². The fourth-order valence-corrected chi connectivity index (χ4v) is 6.77. The van der Waals surface area contributed by atoms with Crippen molar-refractivity contribution in [2.75, 3.05) is 17.7 Å². The predicted octanol–water partition coefficient (Wildman–Crippen LogP) is 6.99. The summed E-state index contributed by atoms with van der Waals surface area (Å²) >= 11 is 0. The summed E-state index contributed by atoms with van der Waals surface area (Å²) in [6.07, 6.45) is 0. The number of methoxy groups -OCH3 is 1. The van der Waals surface area contributed by atoms with Crippen LogP contribution in [0.4, 0.5) is 34.1 Å². The molecule has 0 saturated heterocycles. The number of rotatable bonds is 7. The van der Waals surface area contributed by atoms with E-state index < -0.39 is 67.9 Å². The van der Waals surface area contributed by atoms with Gasteiger partial charge >= 0.3 is 0 Å². The molecule has 8 rings (SSSR count). The number of carbonyl (C=O) groups is 4. The molecule has 0 atom stereocenters. The largest absolute Gasteiger partial charge is 0.619 e. The molecule has 0 radical (unpaired) electrons. The maximum atomic E-state index is 13.3. The van der Waals surface area contributed by atoms with E-state index in [0.717, 1.165) is 18.2 Å². The second-order valence-electron chi connectivity index (χ2n) is 12.8. The summed E-state index contributed by atoms with van der Waals surface area (Å²) in [5, 5.41) is 70.1. The van der Waals surface area contributed by atoms with E-state index in [2.05, 4.69) is 17.4 Å². The molecule has 16 heteroatoms. The van der Waals surface area contributed by atoms with Crippen LogP contribution < -0.4 is 15.4 Å². The van der Waals surface area contributed by atoms with Crippen LogP contribution in [0.15, 0.2) is 103 Å². The van der Waals surface area contributed by atoms with Crippen molar-refractivity contribution >= 4 is 64.0 Å². The summed E-state index contributed by atoms with van der Waals surface area (Å²) in [5.74, 6) is -4.44. The molecular weight excluding hydrogens is 752 g/mol. The van der Waals surface area contributed by atoms with Crippen molar-refractivity contribution in [1.82, 2.24) is 0 Å². The number of ether oxygens (including phenoxy) is 1. The average Bonchev–Trinajstić information content (AvgIpc) is 3.20. The Kier molecular flexibility index (Phi) is 9.51. The molecule has 6 N–H and O–H groups in total. The van der Waals surface area contributed by atoms with Crippen LogP contribution in [0.1, 0.15) is 63.7 Å². The van der Waals surface area contributed by atoms with Crippen molar-refractivity contribution in [2.24, 2.45) is 0 Å². The maximum Gasteiger partial charge on any atom is 0.281 e. The molecule has 0 heterocycles. The molecule has 2 aliphatic rings. The number of aromatic hydroxyl groups is 4. The Morgan fingerprint density at radius 1 is 0.500 bits per heavy atom. The Morgan fingerprint density at radius 2 is 0.879 bits per heavy atom. The maximum absolute atomic E-state index is 13.3. The number of para-hydroxylation sites is 1. The summed E-state index contributed by atoms with van der Waals surface area (Å²) in [4.78, 5) is 63.2. The second-order valence-corrected chi connectivity index (χ2v) is 12.8. The number of nitrogens with zero attached hydrogens (tertiary/aromatic N) is 2. The van der Waals surface area contributed by atoms with Gasteiger partial charge in [-0.25, -0.2) is 0 Å². The van der Waals surface area contributed by atoms with E-state index in [1.165, 1.54) is 37.4 Å². The van der Waals surface area contributed by atoms with Crippen LogP contribution in [0.3, 0.4) is 0 Å². The number of nitrogens with one attached hydrogen (secondary N) is 2. The molecule has 6 aromatic rings. The number of fused-ring (bicyclic) bond motifs is 4. The Balaban J connectivity index is 0.000000177. The minimum Gasteiger partial charge on any atom is -0.619 e. The molecule has 0 saturated carbocycles. The number of benzene rings is 6. The number of nitro groups is 1. The highest BCUT2D eigenvalue weighted by atomic mass is 16.6. The van der Waals surface area contributed by atoms with Crippen LogP contribution in [-0.4, -0.2) is 67.0 Å². The standard InChI is InChI=1S/C21H14N2O7.C21H14N2O5/c1-30-11-4-2-10(3-5-11)22-12-6-8-14(24)18-16(12)20(26)17-13(23(28)29)7-9-15(25)19(17)21(18)27;1-23(28)13-8-10-15(25)19-17(13)20(26)16-12(22-11-5-3-2-4-6-11)7-9-14(24)18(16)21(19)27/h2-9,22,24-25H,1H3;2-10,22,24-25H,1H2. The SMILES string of the molecule is C=[N+]([O-])c1ccc(O)c2c1C(=O)c1c(Nc3ccccc3)ccc(O)c1C2=O.COc1ccc(Nc2ccc(O)c3c2C(=O)c2c([N+](=O)[O-])ccc(O)c2C3=O)cc1. The summed E-state index contributed by atoms with van der Waals surface area (Å²) in [5.41, 5.74) is -1.50. The molecule has 0 bridgehead atoms. The van der Waals surface area contributed by atoms with E-state index in [0.29, 0.717) is 22.8 Å². The first-order valence-corrected chi connectivity index (χ1v) is 17.0. The zero-order valence-corrected chi connectivity index (χ0v) is 30.0. The Bertz CT molecular complexity index is 2780. The van der Waals surface area contributed by atoms with E-state index in [4.69, 9.17) is 4.74 Å². The van der Waals surface area contributed by atoms with Crippen molar-refractivity contribution in [1.29, 1.82) is 0 Å². The van der Waals surface area contributed by atoms with Gasteiger partial charge in [0.15, 0.2) is 0 Å². The molecule has 0 fully saturated rings. The number of phenolic OH excluding ortho intramolecular Hbond substituents is 4. The van der Waals surface area contributed by atoms with Crippen LogP contribution in [0.5, 0.6) is 28.7 Å². The minimum absolute atomic E-state index is 0.0740. The Morgan fingerprint density at radius 3 is 1.31 bits per heavy atom. The highest BCUT2D eigenvalue weighted by molar-refractivity contribution is 6.34. The monoisotopic (exact) mass is 780 g/mol. The molecule has 58 heavy (non-hydrogen) atoms. The highest BCUT2D eigenvalue weighted by Crippen LogP contribution is 2.45. The summed E-state index contributed by atoms with van der Waals surface area (Å²) in [6, 6.07) is 25.4. The summed E-state index contributed by atoms with van der Waals surface area (Å²) in [7, 11) is 1.52. The lowest BCUT2D eigenvalue weighted by Gasteiger charge is -2.23. The highest BCUT2D eigenvalue weighted by Gasteiger charge is 2.42. The molecule has 6 aromatic carbocycles. The molecular formula is C42H28N4O12. The van der Waals surface area contributed by atoms with Gasteiger partial charge in [0.25, 0.3) is 5.69 Å². The van der Waals surface area contributed by atoms with Gasteiger partial charge in [0.2, 0.25) is 28.8 Å². The van der Waals surface area contributed by atoms with E-state index in [1.807, 2.05) is 6.07 Å². The molecule has 16 nitrogen and oxygen atoms in total. The molecule has 288 valence electrons. The third-order valence-corrected chi connectivity index (χ3v) is 9.39. The van der Waals surface area contributed by atoms with Crippen molar-refractivity contribution in [3.05, 3.63) is 163 Å². The second kappa shape index (κ2) is 14.6. The fraction of sp³-hybridized carbons (Fsp3) is 0.0238. The van der Waals surface area contributed by atoms with Crippen molar-refractivity contribution < 1.29 is 54.0 Å². The van der Waals surface area contributed by atoms with Crippen LogP contribution in [0.2, 0.25) is 0 Å². The number of nitro benzene ring substituents is 1. The Labute approximate surface area is 326 Å². The van der Waals surface area contributed by atoms with Crippen molar-refractivity contribution in [3.8, 4) is 28.7 Å². The number of carbonyl (C=O) groups excluding carboxylic acids is 4. The number of ketones is 4. The van der Waals surface area contributed by atoms with Crippen molar-refractivity contribution in [2.45, 2.75) is 0 Å². The first-order valence-electron chi connectivity index (χ1n) is 17.0.